The first-order chi connectivity index (χ1) is 9.04. The molecule has 102 valence electrons. The number of rotatable bonds is 4. The summed E-state index contributed by atoms with van der Waals surface area (Å²) in [4.78, 5) is 11.9. The second-order valence-corrected chi connectivity index (χ2v) is 5.28. The zero-order chi connectivity index (χ0) is 14.3. The Morgan fingerprint density at radius 1 is 1.53 bits per heavy atom. The number of benzene rings is 1. The Labute approximate surface area is 114 Å². The van der Waals surface area contributed by atoms with Crippen LogP contribution in [0.1, 0.15) is 15.9 Å². The Morgan fingerprint density at radius 2 is 2.26 bits per heavy atom. The Balaban J connectivity index is 2.87. The highest BCUT2D eigenvalue weighted by Crippen LogP contribution is 2.10. The van der Waals surface area contributed by atoms with Gasteiger partial charge in [-0.15, -0.1) is 0 Å². The van der Waals surface area contributed by atoms with Gasteiger partial charge in [-0.1, -0.05) is 11.8 Å². The fourth-order valence-electron chi connectivity index (χ4n) is 1.36. The molecule has 1 aromatic carbocycles. The first-order valence-corrected chi connectivity index (χ1v) is 7.34. The quantitative estimate of drug-likeness (QED) is 0.777. The second-order valence-electron chi connectivity index (χ2n) is 3.73. The van der Waals surface area contributed by atoms with E-state index in [1.54, 1.807) is 6.26 Å². The van der Waals surface area contributed by atoms with Crippen molar-refractivity contribution in [2.45, 2.75) is 0 Å². The minimum absolute atomic E-state index is 0.155. The van der Waals surface area contributed by atoms with E-state index < -0.39 is 22.5 Å². The summed E-state index contributed by atoms with van der Waals surface area (Å²) < 4.78 is 24.1. The van der Waals surface area contributed by atoms with Crippen molar-refractivity contribution < 1.29 is 13.4 Å². The van der Waals surface area contributed by atoms with Crippen LogP contribution < -0.4 is 11.1 Å². The molecule has 0 radical (unpaired) electrons. The third-order valence-electron chi connectivity index (χ3n) is 2.23. The summed E-state index contributed by atoms with van der Waals surface area (Å²) in [6, 6.07) is 3.79. The Bertz CT molecular complexity index is 549. The summed E-state index contributed by atoms with van der Waals surface area (Å²) in [5, 5.41) is 2.58. The van der Waals surface area contributed by atoms with E-state index in [4.69, 9.17) is 5.73 Å². The maximum absolute atomic E-state index is 13.2. The van der Waals surface area contributed by atoms with Gasteiger partial charge in [-0.2, -0.15) is 0 Å². The number of carbonyl (C=O) groups excluding carboxylic acids is 1. The van der Waals surface area contributed by atoms with E-state index in [0.717, 1.165) is 6.07 Å². The lowest BCUT2D eigenvalue weighted by Crippen LogP contribution is -2.28. The van der Waals surface area contributed by atoms with Gasteiger partial charge in [0.05, 0.1) is 12.1 Å². The molecule has 0 aliphatic heterocycles. The smallest absolute Gasteiger partial charge is 0.252 e. The molecular formula is C13H15FN2O2S. The topological polar surface area (TPSA) is 72.2 Å². The summed E-state index contributed by atoms with van der Waals surface area (Å²) in [6.07, 6.45) is 1.55. The molecule has 1 unspecified atom stereocenters. The molecule has 6 heteroatoms. The minimum Gasteiger partial charge on any atom is -0.351 e. The molecule has 0 saturated heterocycles. The van der Waals surface area contributed by atoms with Crippen molar-refractivity contribution in [3.05, 3.63) is 35.1 Å². The van der Waals surface area contributed by atoms with Crippen molar-refractivity contribution in [2.24, 2.45) is 5.73 Å². The molecule has 0 bridgehead atoms. The predicted molar refractivity (Wildman–Crippen MR) is 73.6 cm³/mol. The number of halogens is 1. The Kier molecular flexibility index (Phi) is 6.19. The number of carbonyl (C=O) groups is 1. The second kappa shape index (κ2) is 7.67. The standard InChI is InChI=1S/C13H15FN2O2S/c1-19(18)8-7-16-13(17)12-9-11(14)5-4-10(12)3-2-6-15/h4-5,9H,6-8,15H2,1H3,(H,16,17). The average molecular weight is 282 g/mol. The van der Waals surface area contributed by atoms with Crippen LogP contribution in [0.5, 0.6) is 0 Å². The van der Waals surface area contributed by atoms with Crippen LogP contribution in [0.2, 0.25) is 0 Å². The van der Waals surface area contributed by atoms with E-state index >= 15 is 0 Å². The molecule has 0 spiro atoms. The molecule has 1 atom stereocenters. The lowest BCUT2D eigenvalue weighted by Gasteiger charge is -2.06. The number of hydrogen-bond acceptors (Lipinski definition) is 3. The van der Waals surface area contributed by atoms with Gasteiger partial charge in [0.2, 0.25) is 0 Å². The largest absolute Gasteiger partial charge is 0.351 e. The lowest BCUT2D eigenvalue weighted by atomic mass is 10.1. The fourth-order valence-corrected chi connectivity index (χ4v) is 1.75. The van der Waals surface area contributed by atoms with E-state index in [1.807, 2.05) is 0 Å². The van der Waals surface area contributed by atoms with Crippen molar-refractivity contribution in [3.8, 4) is 11.8 Å². The average Bonchev–Trinajstić information content (AvgIpc) is 2.36. The molecule has 19 heavy (non-hydrogen) atoms. The first-order valence-electron chi connectivity index (χ1n) is 5.61. The van der Waals surface area contributed by atoms with E-state index in [-0.39, 0.29) is 18.7 Å². The van der Waals surface area contributed by atoms with Crippen molar-refractivity contribution in [1.29, 1.82) is 0 Å². The monoisotopic (exact) mass is 282 g/mol. The maximum atomic E-state index is 13.2. The van der Waals surface area contributed by atoms with Crippen molar-refractivity contribution in [2.75, 3.05) is 25.1 Å². The zero-order valence-electron chi connectivity index (χ0n) is 10.5. The SMILES string of the molecule is CS(=O)CCNC(=O)c1cc(F)ccc1C#CCN. The number of amides is 1. The normalized spacial score (nSPS) is 11.3. The van der Waals surface area contributed by atoms with Crippen molar-refractivity contribution in [3.63, 3.8) is 0 Å². The van der Waals surface area contributed by atoms with Crippen LogP contribution in [0.4, 0.5) is 4.39 Å². The van der Waals surface area contributed by atoms with Crippen LogP contribution >= 0.6 is 0 Å². The molecule has 4 nitrogen and oxygen atoms in total. The highest BCUT2D eigenvalue weighted by molar-refractivity contribution is 7.84. The molecule has 0 aliphatic rings. The van der Waals surface area contributed by atoms with Crippen LogP contribution in [0, 0.1) is 17.7 Å². The molecule has 0 aliphatic carbocycles. The molecule has 0 fully saturated rings. The van der Waals surface area contributed by atoms with Gasteiger partial charge in [0.15, 0.2) is 0 Å². The van der Waals surface area contributed by atoms with E-state index in [0.29, 0.717) is 11.3 Å². The van der Waals surface area contributed by atoms with Gasteiger partial charge in [0.1, 0.15) is 5.82 Å². The summed E-state index contributed by atoms with van der Waals surface area (Å²) in [7, 11) is -0.986. The van der Waals surface area contributed by atoms with Gasteiger partial charge in [0.25, 0.3) is 5.91 Å². The van der Waals surface area contributed by atoms with E-state index in [2.05, 4.69) is 17.2 Å². The van der Waals surface area contributed by atoms with Gasteiger partial charge in [-0.3, -0.25) is 9.00 Å². The number of nitrogens with two attached hydrogens (primary N) is 1. The van der Waals surface area contributed by atoms with Crippen LogP contribution in [-0.4, -0.2) is 35.2 Å². The summed E-state index contributed by atoms with van der Waals surface area (Å²) >= 11 is 0. The fraction of sp³-hybridized carbons (Fsp3) is 0.308. The molecule has 3 N–H and O–H groups in total. The molecule has 0 aromatic heterocycles. The van der Waals surface area contributed by atoms with Crippen LogP contribution in [0.25, 0.3) is 0 Å². The van der Waals surface area contributed by atoms with Crippen LogP contribution in [-0.2, 0) is 10.8 Å². The van der Waals surface area contributed by atoms with E-state index in [1.165, 1.54) is 12.1 Å². The van der Waals surface area contributed by atoms with Gasteiger partial charge < -0.3 is 11.1 Å². The van der Waals surface area contributed by atoms with Gasteiger partial charge in [0, 0.05) is 34.9 Å². The predicted octanol–water partition coefficient (Wildman–Crippen LogP) is 0.244. The molecular weight excluding hydrogens is 267 g/mol. The molecule has 1 rings (SSSR count). The van der Waals surface area contributed by atoms with Gasteiger partial charge >= 0.3 is 0 Å². The third-order valence-corrected chi connectivity index (χ3v) is 3.01. The number of hydrogen-bond donors (Lipinski definition) is 2. The van der Waals surface area contributed by atoms with Crippen LogP contribution in [0.15, 0.2) is 18.2 Å². The van der Waals surface area contributed by atoms with Crippen molar-refractivity contribution >= 4 is 16.7 Å². The highest BCUT2D eigenvalue weighted by Gasteiger charge is 2.11. The number of nitrogens with one attached hydrogen (secondary N) is 1. The first kappa shape index (κ1) is 15.3. The third kappa shape index (κ3) is 5.20. The minimum atomic E-state index is -0.986. The molecule has 0 saturated carbocycles. The highest BCUT2D eigenvalue weighted by atomic mass is 32.2. The van der Waals surface area contributed by atoms with Crippen molar-refractivity contribution in [1.82, 2.24) is 5.32 Å². The molecule has 0 heterocycles. The lowest BCUT2D eigenvalue weighted by molar-refractivity contribution is 0.0955. The Morgan fingerprint density at radius 3 is 2.89 bits per heavy atom. The summed E-state index contributed by atoms with van der Waals surface area (Å²) in [5.41, 5.74) is 5.84. The molecule has 1 amide bonds. The summed E-state index contributed by atoms with van der Waals surface area (Å²) in [6.45, 7) is 0.426. The van der Waals surface area contributed by atoms with Gasteiger partial charge in [-0.05, 0) is 18.2 Å². The van der Waals surface area contributed by atoms with E-state index in [9.17, 15) is 13.4 Å². The summed E-state index contributed by atoms with van der Waals surface area (Å²) in [5.74, 6) is 4.74. The molecule has 1 aromatic rings. The zero-order valence-corrected chi connectivity index (χ0v) is 11.3. The van der Waals surface area contributed by atoms with Crippen LogP contribution in [0.3, 0.4) is 0 Å². The van der Waals surface area contributed by atoms with Gasteiger partial charge in [-0.25, -0.2) is 4.39 Å². The maximum Gasteiger partial charge on any atom is 0.252 e. The Hall–Kier alpha value is -1.71.